The maximum Gasteiger partial charge on any atom is 0.317 e. The lowest BCUT2D eigenvalue weighted by molar-refractivity contribution is 0.170. The normalized spacial score (nSPS) is 28.9. The Morgan fingerprint density at radius 1 is 1.29 bits per heavy atom. The van der Waals surface area contributed by atoms with E-state index in [0.29, 0.717) is 5.92 Å². The van der Waals surface area contributed by atoms with Crippen molar-refractivity contribution >= 4 is 23.6 Å². The van der Waals surface area contributed by atoms with Gasteiger partial charge in [0.25, 0.3) is 0 Å². The summed E-state index contributed by atoms with van der Waals surface area (Å²) in [6.45, 7) is 6.27. The molecule has 34 heavy (non-hydrogen) atoms. The fourth-order valence-electron chi connectivity index (χ4n) is 6.18. The van der Waals surface area contributed by atoms with Crippen molar-refractivity contribution in [3.8, 4) is 0 Å². The molecule has 4 rings (SSSR count). The van der Waals surface area contributed by atoms with Gasteiger partial charge in [0.05, 0.1) is 5.69 Å². The molecule has 3 aliphatic rings. The number of amides is 2. The average Bonchev–Trinajstić information content (AvgIpc) is 3.15. The Kier molecular flexibility index (Phi) is 7.84. The molecule has 5 nitrogen and oxygen atoms in total. The van der Waals surface area contributed by atoms with E-state index in [2.05, 4.69) is 25.2 Å². The van der Waals surface area contributed by atoms with E-state index in [4.69, 9.17) is 10.4 Å². The van der Waals surface area contributed by atoms with Gasteiger partial charge in [0.15, 0.2) is 0 Å². The molecule has 1 aliphatic heterocycles. The molecule has 2 aliphatic carbocycles. The maximum absolute atomic E-state index is 13.3. The lowest BCUT2D eigenvalue weighted by atomic mass is 9.65. The topological polar surface area (TPSA) is 68.5 Å². The quantitative estimate of drug-likeness (QED) is 0.433. The molecule has 1 saturated carbocycles. The minimum absolute atomic E-state index is 0.0197. The molecule has 2 N–H and O–H groups in total. The summed E-state index contributed by atoms with van der Waals surface area (Å²) in [5, 5.41) is 11.5. The van der Waals surface area contributed by atoms with Crippen molar-refractivity contribution in [3.63, 3.8) is 0 Å². The van der Waals surface area contributed by atoms with Gasteiger partial charge in [-0.2, -0.15) is 0 Å². The number of fused-ring (bicyclic) bond motifs is 1. The number of allylic oxidation sites excluding steroid dienone is 2. The Bertz CT molecular complexity index is 934. The van der Waals surface area contributed by atoms with E-state index in [-0.39, 0.29) is 29.2 Å². The van der Waals surface area contributed by atoms with Crippen molar-refractivity contribution in [1.82, 2.24) is 10.2 Å². The number of piperidine rings is 1. The third kappa shape index (κ3) is 5.42. The van der Waals surface area contributed by atoms with Gasteiger partial charge in [-0.3, -0.25) is 4.99 Å². The summed E-state index contributed by atoms with van der Waals surface area (Å²) >= 11 is 0. The van der Waals surface area contributed by atoms with Crippen LogP contribution in [0.2, 0.25) is 0 Å². The first-order chi connectivity index (χ1) is 16.4. The number of aliphatic imine (C=N–C) groups is 1. The summed E-state index contributed by atoms with van der Waals surface area (Å²) in [5.41, 5.74) is 3.06. The molecular formula is C28H39FN4O. The van der Waals surface area contributed by atoms with Gasteiger partial charge in [-0.15, -0.1) is 0 Å². The van der Waals surface area contributed by atoms with Gasteiger partial charge < -0.3 is 15.6 Å². The summed E-state index contributed by atoms with van der Waals surface area (Å²) in [7, 11) is 0. The van der Waals surface area contributed by atoms with Crippen LogP contribution in [0.5, 0.6) is 0 Å². The fourth-order valence-corrected chi connectivity index (χ4v) is 6.18. The van der Waals surface area contributed by atoms with E-state index in [1.54, 1.807) is 12.1 Å². The van der Waals surface area contributed by atoms with Crippen LogP contribution in [-0.2, 0) is 0 Å². The highest BCUT2D eigenvalue weighted by atomic mass is 19.1. The number of carbonyl (C=O) groups excluding carboxylic acids is 1. The van der Waals surface area contributed by atoms with E-state index in [0.717, 1.165) is 75.9 Å². The highest BCUT2D eigenvalue weighted by Gasteiger charge is 2.47. The molecule has 184 valence electrons. The van der Waals surface area contributed by atoms with Crippen molar-refractivity contribution in [3.05, 3.63) is 41.7 Å². The molecule has 4 unspecified atom stereocenters. The van der Waals surface area contributed by atoms with Crippen LogP contribution in [0.3, 0.4) is 0 Å². The Labute approximate surface area is 203 Å². The average molecular weight is 467 g/mol. The molecule has 0 radical (unpaired) electrons. The molecule has 1 heterocycles. The minimum Gasteiger partial charge on any atom is -0.335 e. The van der Waals surface area contributed by atoms with Gasteiger partial charge in [-0.05, 0) is 93.0 Å². The largest absolute Gasteiger partial charge is 0.335 e. The zero-order valence-electron chi connectivity index (χ0n) is 20.7. The predicted octanol–water partition coefficient (Wildman–Crippen LogP) is 6.66. The highest BCUT2D eigenvalue weighted by molar-refractivity contribution is 6.07. The zero-order valence-corrected chi connectivity index (χ0v) is 20.7. The van der Waals surface area contributed by atoms with Gasteiger partial charge in [0.2, 0.25) is 0 Å². The summed E-state index contributed by atoms with van der Waals surface area (Å²) < 4.78 is 13.3. The number of nitrogens with zero attached hydrogens (tertiary/aromatic N) is 2. The van der Waals surface area contributed by atoms with Crippen LogP contribution in [0, 0.1) is 28.5 Å². The number of likely N-dealkylation sites (tertiary alicyclic amines) is 1. The molecule has 0 bridgehead atoms. The zero-order chi connectivity index (χ0) is 24.1. The van der Waals surface area contributed by atoms with Crippen LogP contribution in [0.4, 0.5) is 14.9 Å². The van der Waals surface area contributed by atoms with E-state index in [1.807, 2.05) is 4.90 Å². The van der Waals surface area contributed by atoms with Gasteiger partial charge in [-0.25, -0.2) is 9.18 Å². The standard InChI is InChI=1S/C28H39FN4O/c1-3-7-25(32-27(34)33-14-5-4-6-15-33)16-21-8-9-22-17-26(20(19-30)18-28(21,22)2)31-24-12-10-23(29)11-13-24/h10-13,17,19-21,25,30H,3-9,14-16,18H2,1-2H3,(H,32,34). The maximum atomic E-state index is 13.3. The van der Waals surface area contributed by atoms with Crippen molar-refractivity contribution in [1.29, 1.82) is 5.41 Å². The number of carbonyl (C=O) groups is 1. The van der Waals surface area contributed by atoms with Crippen LogP contribution >= 0.6 is 0 Å². The Morgan fingerprint density at radius 2 is 2.03 bits per heavy atom. The predicted molar refractivity (Wildman–Crippen MR) is 137 cm³/mol. The second kappa shape index (κ2) is 10.8. The van der Waals surface area contributed by atoms with E-state index in [1.165, 1.54) is 30.3 Å². The number of hydrogen-bond acceptors (Lipinski definition) is 3. The number of halogens is 1. The molecule has 0 spiro atoms. The molecule has 2 fully saturated rings. The van der Waals surface area contributed by atoms with Gasteiger partial charge in [-0.1, -0.05) is 25.8 Å². The first-order valence-electron chi connectivity index (χ1n) is 13.0. The molecular weight excluding hydrogens is 427 g/mol. The Morgan fingerprint density at radius 3 is 2.71 bits per heavy atom. The van der Waals surface area contributed by atoms with Crippen LogP contribution in [-0.4, -0.2) is 42.0 Å². The second-order valence-corrected chi connectivity index (χ2v) is 10.5. The highest BCUT2D eigenvalue weighted by Crippen LogP contribution is 2.55. The molecule has 1 aromatic carbocycles. The lowest BCUT2D eigenvalue weighted by Gasteiger charge is -2.40. The number of urea groups is 1. The van der Waals surface area contributed by atoms with Crippen molar-refractivity contribution in [2.75, 3.05) is 13.1 Å². The van der Waals surface area contributed by atoms with Crippen LogP contribution in [0.15, 0.2) is 40.9 Å². The third-order valence-corrected chi connectivity index (χ3v) is 8.21. The SMILES string of the molecule is CCCC(CC1CCC2=CC(=Nc3ccc(F)cc3)C(C=N)CC21C)NC(=O)N1CCCCC1. The van der Waals surface area contributed by atoms with Gasteiger partial charge in [0.1, 0.15) is 5.82 Å². The fraction of sp³-hybridized carbons (Fsp3) is 0.607. The van der Waals surface area contributed by atoms with Crippen LogP contribution < -0.4 is 5.32 Å². The number of rotatable bonds is 7. The smallest absolute Gasteiger partial charge is 0.317 e. The van der Waals surface area contributed by atoms with Gasteiger partial charge in [0, 0.05) is 37.0 Å². The van der Waals surface area contributed by atoms with Crippen molar-refractivity contribution < 1.29 is 9.18 Å². The van der Waals surface area contributed by atoms with E-state index >= 15 is 0 Å². The number of benzene rings is 1. The molecule has 6 heteroatoms. The summed E-state index contributed by atoms with van der Waals surface area (Å²) in [6, 6.07) is 6.52. The summed E-state index contributed by atoms with van der Waals surface area (Å²) in [6.07, 6.45) is 13.2. The van der Waals surface area contributed by atoms with Crippen molar-refractivity contribution in [2.45, 2.75) is 77.7 Å². The molecule has 1 aromatic rings. The van der Waals surface area contributed by atoms with Gasteiger partial charge >= 0.3 is 6.03 Å². The second-order valence-electron chi connectivity index (χ2n) is 10.5. The monoisotopic (exact) mass is 466 g/mol. The molecule has 4 atom stereocenters. The molecule has 1 saturated heterocycles. The third-order valence-electron chi connectivity index (χ3n) is 8.21. The molecule has 2 amide bonds. The van der Waals surface area contributed by atoms with Crippen LogP contribution in [0.1, 0.15) is 71.6 Å². The Balaban J connectivity index is 1.49. The summed E-state index contributed by atoms with van der Waals surface area (Å²) in [4.78, 5) is 19.6. The minimum atomic E-state index is -0.269. The van der Waals surface area contributed by atoms with E-state index < -0.39 is 0 Å². The first-order valence-corrected chi connectivity index (χ1v) is 13.0. The summed E-state index contributed by atoms with van der Waals surface area (Å²) in [5.74, 6) is 0.161. The molecule has 0 aromatic heterocycles. The van der Waals surface area contributed by atoms with E-state index in [9.17, 15) is 9.18 Å². The van der Waals surface area contributed by atoms with Crippen LogP contribution in [0.25, 0.3) is 0 Å². The number of nitrogens with one attached hydrogen (secondary N) is 2. The van der Waals surface area contributed by atoms with Crippen molar-refractivity contribution in [2.24, 2.45) is 22.2 Å². The first kappa shape index (κ1) is 24.6. The number of hydrogen-bond donors (Lipinski definition) is 2. The lowest BCUT2D eigenvalue weighted by Crippen LogP contribution is -2.48. The Hall–Kier alpha value is -2.50.